The normalized spacial score (nSPS) is 17.4. The van der Waals surface area contributed by atoms with E-state index in [9.17, 15) is 18.0 Å². The summed E-state index contributed by atoms with van der Waals surface area (Å²) in [7, 11) is 1.56. The Morgan fingerprint density at radius 1 is 1.19 bits per heavy atom. The van der Waals surface area contributed by atoms with Gasteiger partial charge >= 0.3 is 6.18 Å². The molecule has 2 aromatic carbocycles. The Labute approximate surface area is 210 Å². The zero-order valence-corrected chi connectivity index (χ0v) is 20.4. The number of methoxy groups -OCH3 is 1. The van der Waals surface area contributed by atoms with E-state index in [2.05, 4.69) is 20.5 Å². The van der Waals surface area contributed by atoms with Crippen LogP contribution in [-0.2, 0) is 22.9 Å². The zero-order chi connectivity index (χ0) is 26.4. The fourth-order valence-electron chi connectivity index (χ4n) is 4.62. The lowest BCUT2D eigenvalue weighted by Gasteiger charge is -2.32. The van der Waals surface area contributed by atoms with Crippen LogP contribution in [0.15, 0.2) is 53.1 Å². The van der Waals surface area contributed by atoms with Crippen LogP contribution < -0.4 is 10.1 Å². The lowest BCUT2D eigenvalue weighted by atomic mass is 9.81. The van der Waals surface area contributed by atoms with E-state index in [0.717, 1.165) is 23.3 Å². The SMILES string of the molecule is COc1cc(-c2nnc3n2CCCC3(C)C(=O)Nc2cccc(C(F)(F)F)c2)ccc1-c1cnc(C)o1. The lowest BCUT2D eigenvalue weighted by molar-refractivity contribution is -0.137. The molecule has 1 amide bonds. The molecule has 1 N–H and O–H groups in total. The van der Waals surface area contributed by atoms with Crippen LogP contribution in [0.1, 0.15) is 37.0 Å². The van der Waals surface area contributed by atoms with Gasteiger partial charge in [-0.15, -0.1) is 10.2 Å². The molecule has 192 valence electrons. The van der Waals surface area contributed by atoms with Crippen LogP contribution in [0, 0.1) is 6.92 Å². The van der Waals surface area contributed by atoms with Crippen LogP contribution in [0.25, 0.3) is 22.7 Å². The van der Waals surface area contributed by atoms with Crippen molar-refractivity contribution >= 4 is 11.6 Å². The molecule has 1 atom stereocenters. The van der Waals surface area contributed by atoms with Gasteiger partial charge in [0.25, 0.3) is 0 Å². The number of nitrogens with one attached hydrogen (secondary N) is 1. The summed E-state index contributed by atoms with van der Waals surface area (Å²) >= 11 is 0. The Morgan fingerprint density at radius 2 is 2.00 bits per heavy atom. The van der Waals surface area contributed by atoms with Crippen molar-refractivity contribution in [1.29, 1.82) is 0 Å². The standard InChI is InChI=1S/C26H24F3N5O3/c1-15-30-14-21(37-15)19-9-8-16(12-20(19)36-3)22-32-33-23-25(2,10-5-11-34(22)23)24(35)31-18-7-4-6-17(13-18)26(27,28)29/h4,6-9,12-14H,5,10-11H2,1-3H3,(H,31,35). The second-order valence-corrected chi connectivity index (χ2v) is 9.13. The van der Waals surface area contributed by atoms with Crippen LogP contribution in [0.2, 0.25) is 0 Å². The molecule has 0 spiro atoms. The van der Waals surface area contributed by atoms with E-state index in [4.69, 9.17) is 9.15 Å². The molecule has 0 fully saturated rings. The Morgan fingerprint density at radius 3 is 2.70 bits per heavy atom. The molecule has 4 aromatic rings. The number of alkyl halides is 3. The maximum Gasteiger partial charge on any atom is 0.416 e. The molecule has 2 aromatic heterocycles. The largest absolute Gasteiger partial charge is 0.496 e. The van der Waals surface area contributed by atoms with Crippen molar-refractivity contribution in [1.82, 2.24) is 19.7 Å². The molecular weight excluding hydrogens is 487 g/mol. The third-order valence-corrected chi connectivity index (χ3v) is 6.60. The number of oxazole rings is 1. The summed E-state index contributed by atoms with van der Waals surface area (Å²) < 4.78 is 52.5. The number of amides is 1. The van der Waals surface area contributed by atoms with Crippen molar-refractivity contribution in [3.8, 4) is 28.5 Å². The molecule has 0 saturated carbocycles. The van der Waals surface area contributed by atoms with Crippen molar-refractivity contribution in [3.05, 3.63) is 65.9 Å². The van der Waals surface area contributed by atoms with Crippen molar-refractivity contribution in [2.45, 2.75) is 44.8 Å². The number of carbonyl (C=O) groups is 1. The van der Waals surface area contributed by atoms with E-state index in [1.807, 2.05) is 22.8 Å². The van der Waals surface area contributed by atoms with E-state index in [1.165, 1.54) is 12.1 Å². The zero-order valence-electron chi connectivity index (χ0n) is 20.4. The van der Waals surface area contributed by atoms with Crippen LogP contribution in [0.4, 0.5) is 18.9 Å². The summed E-state index contributed by atoms with van der Waals surface area (Å²) in [6, 6.07) is 10.1. The van der Waals surface area contributed by atoms with Gasteiger partial charge in [-0.05, 0) is 50.1 Å². The molecule has 1 aliphatic rings. The smallest absolute Gasteiger partial charge is 0.416 e. The number of rotatable bonds is 5. The summed E-state index contributed by atoms with van der Waals surface area (Å²) in [6.45, 7) is 4.08. The number of nitrogens with zero attached hydrogens (tertiary/aromatic N) is 4. The number of ether oxygens (including phenoxy) is 1. The van der Waals surface area contributed by atoms with E-state index in [-0.39, 0.29) is 5.69 Å². The van der Waals surface area contributed by atoms with Crippen LogP contribution in [0.3, 0.4) is 0 Å². The van der Waals surface area contributed by atoms with Gasteiger partial charge in [-0.3, -0.25) is 4.79 Å². The Balaban J connectivity index is 1.46. The fraction of sp³-hybridized carbons (Fsp3) is 0.308. The third-order valence-electron chi connectivity index (χ3n) is 6.60. The van der Waals surface area contributed by atoms with Crippen LogP contribution >= 0.6 is 0 Å². The van der Waals surface area contributed by atoms with Gasteiger partial charge in [0.15, 0.2) is 17.5 Å². The molecule has 0 bridgehead atoms. The first-order valence-corrected chi connectivity index (χ1v) is 11.6. The molecule has 0 aliphatic carbocycles. The molecule has 37 heavy (non-hydrogen) atoms. The average molecular weight is 512 g/mol. The highest BCUT2D eigenvalue weighted by Gasteiger charge is 2.43. The first-order chi connectivity index (χ1) is 17.6. The first kappa shape index (κ1) is 24.5. The Hall–Kier alpha value is -4.15. The summed E-state index contributed by atoms with van der Waals surface area (Å²) in [6.07, 6.45) is -1.74. The molecular formula is C26H24F3N5O3. The van der Waals surface area contributed by atoms with Crippen LogP contribution in [0.5, 0.6) is 5.75 Å². The number of aromatic nitrogens is 4. The van der Waals surface area contributed by atoms with Gasteiger partial charge in [0, 0.05) is 24.7 Å². The third kappa shape index (κ3) is 4.45. The summed E-state index contributed by atoms with van der Waals surface area (Å²) in [5, 5.41) is 11.4. The molecule has 5 rings (SSSR count). The number of halogens is 3. The highest BCUT2D eigenvalue weighted by Crippen LogP contribution is 2.39. The van der Waals surface area contributed by atoms with E-state index in [1.54, 1.807) is 27.2 Å². The van der Waals surface area contributed by atoms with Gasteiger partial charge < -0.3 is 19.0 Å². The minimum Gasteiger partial charge on any atom is -0.496 e. The van der Waals surface area contributed by atoms with Gasteiger partial charge in [-0.2, -0.15) is 13.2 Å². The average Bonchev–Trinajstić information content (AvgIpc) is 3.50. The molecule has 0 radical (unpaired) electrons. The minimum absolute atomic E-state index is 0.0703. The van der Waals surface area contributed by atoms with E-state index < -0.39 is 23.1 Å². The van der Waals surface area contributed by atoms with Crippen molar-refractivity contribution < 1.29 is 27.1 Å². The molecule has 8 nitrogen and oxygen atoms in total. The topological polar surface area (TPSA) is 95.1 Å². The lowest BCUT2D eigenvalue weighted by Crippen LogP contribution is -2.42. The number of hydrogen-bond acceptors (Lipinski definition) is 6. The second-order valence-electron chi connectivity index (χ2n) is 9.13. The summed E-state index contributed by atoms with van der Waals surface area (Å²) in [5.74, 6) is 2.24. The highest BCUT2D eigenvalue weighted by atomic mass is 19.4. The predicted octanol–water partition coefficient (Wildman–Crippen LogP) is 5.63. The van der Waals surface area contributed by atoms with Gasteiger partial charge in [0.05, 0.1) is 24.4 Å². The number of carbonyl (C=O) groups excluding carboxylic acids is 1. The maximum absolute atomic E-state index is 13.4. The molecule has 11 heteroatoms. The van der Waals surface area contributed by atoms with Crippen molar-refractivity contribution in [2.24, 2.45) is 0 Å². The van der Waals surface area contributed by atoms with E-state index in [0.29, 0.717) is 48.4 Å². The molecule has 3 heterocycles. The number of benzene rings is 2. The number of hydrogen-bond donors (Lipinski definition) is 1. The molecule has 1 aliphatic heterocycles. The number of fused-ring (bicyclic) bond motifs is 1. The Kier molecular flexibility index (Phi) is 6.01. The summed E-state index contributed by atoms with van der Waals surface area (Å²) in [4.78, 5) is 17.5. The van der Waals surface area contributed by atoms with Gasteiger partial charge in [-0.1, -0.05) is 12.1 Å². The first-order valence-electron chi connectivity index (χ1n) is 11.6. The Bertz CT molecular complexity index is 1480. The van der Waals surface area contributed by atoms with Gasteiger partial charge in [0.2, 0.25) is 5.91 Å². The minimum atomic E-state index is -4.51. The molecule has 1 unspecified atom stereocenters. The second kappa shape index (κ2) is 9.06. The molecule has 0 saturated heterocycles. The van der Waals surface area contributed by atoms with Crippen LogP contribution in [-0.4, -0.2) is 32.8 Å². The van der Waals surface area contributed by atoms with Crippen molar-refractivity contribution in [2.75, 3.05) is 12.4 Å². The maximum atomic E-state index is 13.4. The number of aryl methyl sites for hydroxylation is 1. The number of anilines is 1. The summed E-state index contributed by atoms with van der Waals surface area (Å²) in [5.41, 5.74) is -0.379. The quantitative estimate of drug-likeness (QED) is 0.373. The fourth-order valence-corrected chi connectivity index (χ4v) is 4.62. The van der Waals surface area contributed by atoms with Gasteiger partial charge in [-0.25, -0.2) is 4.98 Å². The van der Waals surface area contributed by atoms with Crippen molar-refractivity contribution in [3.63, 3.8) is 0 Å². The monoisotopic (exact) mass is 511 g/mol. The highest BCUT2D eigenvalue weighted by molar-refractivity contribution is 5.98. The van der Waals surface area contributed by atoms with E-state index >= 15 is 0 Å². The predicted molar refractivity (Wildman–Crippen MR) is 129 cm³/mol. The van der Waals surface area contributed by atoms with Gasteiger partial charge in [0.1, 0.15) is 17.0 Å².